The highest BCUT2D eigenvalue weighted by Gasteiger charge is 2.37. The number of carbonyl (C=O) groups excluding carboxylic acids is 1. The Hall–Kier alpha value is -3.05. The largest absolute Gasteiger partial charge is 0.493 e. The monoisotopic (exact) mass is 630 g/mol. The third-order valence-corrected chi connectivity index (χ3v) is 8.53. The molecule has 1 atom stereocenters. The van der Waals surface area contributed by atoms with E-state index in [2.05, 4.69) is 26.2 Å². The quantitative estimate of drug-likeness (QED) is 0.199. The molecular formula is C29H32BrFN4O4S. The zero-order valence-corrected chi connectivity index (χ0v) is 25.1. The molecule has 1 aromatic heterocycles. The Morgan fingerprint density at radius 2 is 2.00 bits per heavy atom. The molecule has 1 aliphatic carbocycles. The van der Waals surface area contributed by atoms with Crippen molar-refractivity contribution in [3.8, 4) is 11.5 Å². The van der Waals surface area contributed by atoms with Crippen molar-refractivity contribution in [2.45, 2.75) is 69.0 Å². The molecule has 8 nitrogen and oxygen atoms in total. The highest BCUT2D eigenvalue weighted by molar-refractivity contribution is 9.10. The van der Waals surface area contributed by atoms with E-state index in [0.29, 0.717) is 56.3 Å². The normalized spacial score (nSPS) is 17.3. The van der Waals surface area contributed by atoms with Crippen molar-refractivity contribution in [3.05, 3.63) is 69.1 Å². The first-order valence-electron chi connectivity index (χ1n) is 13.4. The summed E-state index contributed by atoms with van der Waals surface area (Å²) in [7, 11) is 1.58. The van der Waals surface area contributed by atoms with E-state index in [-0.39, 0.29) is 17.9 Å². The number of ether oxygens (including phenoxy) is 3. The zero-order valence-electron chi connectivity index (χ0n) is 22.7. The number of methoxy groups -OCH3 is 1. The first kappa shape index (κ1) is 28.5. The second kappa shape index (κ2) is 12.6. The zero-order chi connectivity index (χ0) is 28.2. The van der Waals surface area contributed by atoms with Gasteiger partial charge in [-0.3, -0.25) is 0 Å². The van der Waals surface area contributed by atoms with Gasteiger partial charge in [0, 0.05) is 11.4 Å². The maximum atomic E-state index is 14.2. The third kappa shape index (κ3) is 6.00. The number of carbonyl (C=O) groups is 1. The second-order valence-electron chi connectivity index (χ2n) is 9.74. The Morgan fingerprint density at radius 3 is 2.73 bits per heavy atom. The maximum absolute atomic E-state index is 14.2. The Bertz CT molecular complexity index is 1420. The molecule has 40 heavy (non-hydrogen) atoms. The smallest absolute Gasteiger partial charge is 0.338 e. The fraction of sp³-hybridized carbons (Fsp3) is 0.414. The fourth-order valence-electron chi connectivity index (χ4n) is 5.10. The summed E-state index contributed by atoms with van der Waals surface area (Å²) in [6.07, 6.45) is 4.89. The number of aromatic nitrogens is 3. The molecule has 0 saturated heterocycles. The van der Waals surface area contributed by atoms with Gasteiger partial charge in [-0.25, -0.2) is 13.9 Å². The van der Waals surface area contributed by atoms with Crippen molar-refractivity contribution in [3.63, 3.8) is 0 Å². The molecule has 11 heteroatoms. The first-order chi connectivity index (χ1) is 19.4. The molecule has 1 aliphatic heterocycles. The minimum atomic E-state index is -0.636. The van der Waals surface area contributed by atoms with Gasteiger partial charge in [-0.2, -0.15) is 4.98 Å². The van der Waals surface area contributed by atoms with Gasteiger partial charge in [0.15, 0.2) is 11.5 Å². The number of hydrogen-bond acceptors (Lipinski definition) is 8. The number of halogens is 2. The van der Waals surface area contributed by atoms with Crippen molar-refractivity contribution in [2.75, 3.05) is 19.0 Å². The summed E-state index contributed by atoms with van der Waals surface area (Å²) in [5, 5.41) is 8.47. The Labute approximate surface area is 245 Å². The number of allylic oxidation sites excluding steroid dienone is 1. The van der Waals surface area contributed by atoms with Gasteiger partial charge in [-0.1, -0.05) is 36.4 Å². The Morgan fingerprint density at radius 1 is 1.23 bits per heavy atom. The van der Waals surface area contributed by atoms with Crippen LogP contribution in [0.2, 0.25) is 0 Å². The molecule has 0 bridgehead atoms. The van der Waals surface area contributed by atoms with E-state index < -0.39 is 6.04 Å². The van der Waals surface area contributed by atoms with Crippen LogP contribution in [-0.4, -0.2) is 40.6 Å². The predicted octanol–water partition coefficient (Wildman–Crippen LogP) is 7.04. The number of thioether (sulfide) groups is 1. The van der Waals surface area contributed by atoms with Gasteiger partial charge in [0.1, 0.15) is 18.0 Å². The average molecular weight is 632 g/mol. The van der Waals surface area contributed by atoms with Gasteiger partial charge in [0.2, 0.25) is 11.1 Å². The maximum Gasteiger partial charge on any atom is 0.338 e. The Kier molecular flexibility index (Phi) is 9.00. The summed E-state index contributed by atoms with van der Waals surface area (Å²) in [5.74, 6) is 1.30. The van der Waals surface area contributed by atoms with Gasteiger partial charge < -0.3 is 19.5 Å². The van der Waals surface area contributed by atoms with Crippen LogP contribution in [0.1, 0.15) is 63.1 Å². The summed E-state index contributed by atoms with van der Waals surface area (Å²) >= 11 is 4.95. The average Bonchev–Trinajstić information content (AvgIpc) is 3.35. The molecule has 1 fully saturated rings. The minimum Gasteiger partial charge on any atom is -0.493 e. The van der Waals surface area contributed by atoms with E-state index in [1.807, 2.05) is 26.0 Å². The molecule has 3 aromatic rings. The highest BCUT2D eigenvalue weighted by Crippen LogP contribution is 2.43. The van der Waals surface area contributed by atoms with Crippen LogP contribution >= 0.6 is 27.7 Å². The lowest BCUT2D eigenvalue weighted by Crippen LogP contribution is -2.32. The number of fused-ring (bicyclic) bond motifs is 1. The molecule has 0 amide bonds. The van der Waals surface area contributed by atoms with Crippen LogP contribution in [0.15, 0.2) is 57.3 Å². The summed E-state index contributed by atoms with van der Waals surface area (Å²) < 4.78 is 34.1. The van der Waals surface area contributed by atoms with Crippen LogP contribution in [0, 0.1) is 5.82 Å². The van der Waals surface area contributed by atoms with Crippen molar-refractivity contribution in [1.29, 1.82) is 0 Å². The van der Waals surface area contributed by atoms with Crippen LogP contribution in [-0.2, 0) is 15.3 Å². The van der Waals surface area contributed by atoms with Crippen molar-refractivity contribution in [1.82, 2.24) is 14.8 Å². The number of esters is 1. The molecule has 5 rings (SSSR count). The second-order valence-corrected chi connectivity index (χ2v) is 11.5. The van der Waals surface area contributed by atoms with Crippen molar-refractivity contribution < 1.29 is 23.4 Å². The SMILES string of the molecule is CCOc1c(Br)cc(C2C(C(=O)OC3CCCCC3)=C(C)Nc3nc(SCc4ccccc4F)nn32)cc1OC. The van der Waals surface area contributed by atoms with E-state index in [0.717, 1.165) is 37.7 Å². The molecule has 0 spiro atoms. The van der Waals surface area contributed by atoms with E-state index in [1.54, 1.807) is 30.0 Å². The standard InChI is InChI=1S/C29H32BrFN4O4S/c1-4-38-26-21(30)14-19(15-23(26)37-3)25-24(27(36)39-20-11-6-5-7-12-20)17(2)32-28-33-29(34-35(25)28)40-16-18-10-8-9-13-22(18)31/h8-10,13-15,20,25H,4-7,11-12,16H2,1-3H3,(H,32,33,34). The Balaban J connectivity index is 1.53. The topological polar surface area (TPSA) is 87.5 Å². The summed E-state index contributed by atoms with van der Waals surface area (Å²) in [6, 6.07) is 9.77. The molecule has 2 aliphatic rings. The van der Waals surface area contributed by atoms with Gasteiger partial charge in [-0.15, -0.1) is 5.10 Å². The van der Waals surface area contributed by atoms with Gasteiger partial charge in [0.25, 0.3) is 0 Å². The lowest BCUT2D eigenvalue weighted by molar-refractivity contribution is -0.146. The summed E-state index contributed by atoms with van der Waals surface area (Å²) in [6.45, 7) is 4.21. The van der Waals surface area contributed by atoms with Crippen molar-refractivity contribution >= 4 is 39.6 Å². The van der Waals surface area contributed by atoms with E-state index >= 15 is 0 Å². The van der Waals surface area contributed by atoms with E-state index in [9.17, 15) is 9.18 Å². The minimum absolute atomic E-state index is 0.104. The lowest BCUT2D eigenvalue weighted by Gasteiger charge is -2.30. The van der Waals surface area contributed by atoms with Crippen LogP contribution in [0.25, 0.3) is 0 Å². The lowest BCUT2D eigenvalue weighted by atomic mass is 9.94. The van der Waals surface area contributed by atoms with E-state index in [1.165, 1.54) is 17.8 Å². The molecular weight excluding hydrogens is 599 g/mol. The van der Waals surface area contributed by atoms with Gasteiger partial charge in [-0.05, 0) is 84.8 Å². The number of hydrogen-bond donors (Lipinski definition) is 1. The predicted molar refractivity (Wildman–Crippen MR) is 155 cm³/mol. The highest BCUT2D eigenvalue weighted by atomic mass is 79.9. The fourth-order valence-corrected chi connectivity index (χ4v) is 6.49. The summed E-state index contributed by atoms with van der Waals surface area (Å²) in [4.78, 5) is 18.4. The molecule has 0 radical (unpaired) electrons. The molecule has 212 valence electrons. The number of benzene rings is 2. The van der Waals surface area contributed by atoms with Crippen LogP contribution in [0.4, 0.5) is 10.3 Å². The third-order valence-electron chi connectivity index (χ3n) is 7.05. The number of rotatable bonds is 9. The van der Waals surface area contributed by atoms with Crippen molar-refractivity contribution in [2.24, 2.45) is 0 Å². The summed E-state index contributed by atoms with van der Waals surface area (Å²) in [5.41, 5.74) is 2.41. The first-order valence-corrected chi connectivity index (χ1v) is 15.2. The molecule has 1 saturated carbocycles. The molecule has 1 N–H and O–H groups in total. The van der Waals surface area contributed by atoms with Crippen LogP contribution in [0.3, 0.4) is 0 Å². The van der Waals surface area contributed by atoms with E-state index in [4.69, 9.17) is 19.3 Å². The number of nitrogens with one attached hydrogen (secondary N) is 1. The number of anilines is 1. The van der Waals surface area contributed by atoms with Crippen LogP contribution < -0.4 is 14.8 Å². The number of nitrogens with zero attached hydrogens (tertiary/aromatic N) is 3. The van der Waals surface area contributed by atoms with Gasteiger partial charge in [0.05, 0.1) is 23.8 Å². The molecule has 2 aromatic carbocycles. The van der Waals surface area contributed by atoms with Crippen LogP contribution in [0.5, 0.6) is 11.5 Å². The molecule has 1 unspecified atom stereocenters. The molecule has 2 heterocycles. The van der Waals surface area contributed by atoms with Gasteiger partial charge >= 0.3 is 5.97 Å².